The van der Waals surface area contributed by atoms with Gasteiger partial charge in [0.15, 0.2) is 5.69 Å². The van der Waals surface area contributed by atoms with Crippen molar-refractivity contribution >= 4 is 17.5 Å². The predicted octanol–water partition coefficient (Wildman–Crippen LogP) is 5.06. The number of hydrogen-bond donors (Lipinski definition) is 1. The summed E-state index contributed by atoms with van der Waals surface area (Å²) in [4.78, 5) is 18.6. The third-order valence-corrected chi connectivity index (χ3v) is 4.70. The first kappa shape index (κ1) is 22.0. The average molecular weight is 430 g/mol. The summed E-state index contributed by atoms with van der Waals surface area (Å²) < 4.78 is 18.8. The number of halogens is 2. The molecule has 0 radical (unpaired) electrons. The molecule has 0 aliphatic carbocycles. The molecule has 0 saturated carbocycles. The molecule has 0 aliphatic rings. The van der Waals surface area contributed by atoms with E-state index in [0.717, 1.165) is 11.1 Å². The predicted molar refractivity (Wildman–Crippen MR) is 114 cm³/mol. The number of amides is 1. The van der Waals surface area contributed by atoms with Crippen molar-refractivity contribution in [3.8, 4) is 0 Å². The van der Waals surface area contributed by atoms with Crippen molar-refractivity contribution in [3.05, 3.63) is 88.3 Å². The number of nitrogens with zero attached hydrogens (tertiary/aromatic N) is 2. The van der Waals surface area contributed by atoms with Crippen LogP contribution in [0.3, 0.4) is 0 Å². The molecular weight excluding hydrogens is 405 g/mol. The molecule has 158 valence electrons. The second kappa shape index (κ2) is 10.4. The molecule has 1 N–H and O–H groups in total. The van der Waals surface area contributed by atoms with Crippen LogP contribution in [0.2, 0.25) is 5.02 Å². The second-order valence-corrected chi connectivity index (χ2v) is 8.06. The molecule has 0 fully saturated rings. The Kier molecular flexibility index (Phi) is 7.60. The molecule has 1 heterocycles. The standard InChI is InChI=1S/C23H25ClFN3O2/c1-16(2)11-26-23(29)21-15-30-22(27-21)14-28(12-17-3-7-19(24)8-4-17)13-18-5-9-20(25)10-6-18/h3-10,15-16H,11-14H2,1-2H3,(H,26,29). The van der Waals surface area contributed by atoms with Crippen LogP contribution in [0.4, 0.5) is 4.39 Å². The first-order chi connectivity index (χ1) is 14.4. The lowest BCUT2D eigenvalue weighted by Gasteiger charge is -2.21. The van der Waals surface area contributed by atoms with Crippen LogP contribution in [0, 0.1) is 11.7 Å². The minimum atomic E-state index is -0.271. The van der Waals surface area contributed by atoms with Gasteiger partial charge in [-0.1, -0.05) is 49.7 Å². The third-order valence-electron chi connectivity index (χ3n) is 4.45. The fourth-order valence-electron chi connectivity index (χ4n) is 2.93. The maximum atomic E-state index is 13.3. The van der Waals surface area contributed by atoms with Crippen molar-refractivity contribution in [1.29, 1.82) is 0 Å². The van der Waals surface area contributed by atoms with Crippen LogP contribution < -0.4 is 5.32 Å². The summed E-state index contributed by atoms with van der Waals surface area (Å²) in [5.41, 5.74) is 2.30. The van der Waals surface area contributed by atoms with Gasteiger partial charge >= 0.3 is 0 Å². The minimum Gasteiger partial charge on any atom is -0.447 e. The molecule has 0 aliphatic heterocycles. The first-order valence-corrected chi connectivity index (χ1v) is 10.2. The molecule has 7 heteroatoms. The van der Waals surface area contributed by atoms with Gasteiger partial charge in [-0.2, -0.15) is 0 Å². The smallest absolute Gasteiger partial charge is 0.273 e. The van der Waals surface area contributed by atoms with E-state index in [-0.39, 0.29) is 17.4 Å². The number of hydrogen-bond acceptors (Lipinski definition) is 4. The van der Waals surface area contributed by atoms with Gasteiger partial charge in [0.1, 0.15) is 12.1 Å². The van der Waals surface area contributed by atoms with Crippen molar-refractivity contribution in [2.75, 3.05) is 6.54 Å². The second-order valence-electron chi connectivity index (χ2n) is 7.63. The van der Waals surface area contributed by atoms with E-state index in [4.69, 9.17) is 16.0 Å². The number of benzene rings is 2. The van der Waals surface area contributed by atoms with Crippen LogP contribution >= 0.6 is 11.6 Å². The summed E-state index contributed by atoms with van der Waals surface area (Å²) in [7, 11) is 0. The van der Waals surface area contributed by atoms with Crippen molar-refractivity contribution in [1.82, 2.24) is 15.2 Å². The lowest BCUT2D eigenvalue weighted by molar-refractivity contribution is 0.0944. The maximum Gasteiger partial charge on any atom is 0.273 e. The highest BCUT2D eigenvalue weighted by molar-refractivity contribution is 6.30. The molecule has 30 heavy (non-hydrogen) atoms. The SMILES string of the molecule is CC(C)CNC(=O)c1coc(CN(Cc2ccc(F)cc2)Cc2ccc(Cl)cc2)n1. The summed E-state index contributed by atoms with van der Waals surface area (Å²) in [6.45, 7) is 6.22. The van der Waals surface area contributed by atoms with Gasteiger partial charge in [-0.25, -0.2) is 9.37 Å². The van der Waals surface area contributed by atoms with E-state index in [9.17, 15) is 9.18 Å². The molecule has 0 unspecified atom stereocenters. The highest BCUT2D eigenvalue weighted by Crippen LogP contribution is 2.17. The van der Waals surface area contributed by atoms with Gasteiger partial charge in [-0.15, -0.1) is 0 Å². The topological polar surface area (TPSA) is 58.4 Å². The number of rotatable bonds is 9. The normalized spacial score (nSPS) is 11.3. The van der Waals surface area contributed by atoms with Gasteiger partial charge in [0.05, 0.1) is 6.54 Å². The zero-order valence-electron chi connectivity index (χ0n) is 17.1. The number of carbonyl (C=O) groups excluding carboxylic acids is 1. The monoisotopic (exact) mass is 429 g/mol. The van der Waals surface area contributed by atoms with Crippen LogP contribution in [0.15, 0.2) is 59.2 Å². The van der Waals surface area contributed by atoms with E-state index >= 15 is 0 Å². The van der Waals surface area contributed by atoms with Gasteiger partial charge < -0.3 is 9.73 Å². The zero-order chi connectivity index (χ0) is 21.5. The summed E-state index contributed by atoms with van der Waals surface area (Å²) in [6.07, 6.45) is 1.38. The van der Waals surface area contributed by atoms with Gasteiger partial charge in [0.2, 0.25) is 5.89 Å². The molecule has 0 atom stereocenters. The molecule has 3 rings (SSSR count). The van der Waals surface area contributed by atoms with E-state index in [1.165, 1.54) is 18.4 Å². The number of aromatic nitrogens is 1. The Morgan fingerprint density at radius 1 is 1.07 bits per heavy atom. The molecule has 0 bridgehead atoms. The van der Waals surface area contributed by atoms with E-state index < -0.39 is 0 Å². The molecule has 2 aromatic carbocycles. The van der Waals surface area contributed by atoms with E-state index in [0.29, 0.717) is 43.0 Å². The van der Waals surface area contributed by atoms with Crippen LogP contribution in [-0.2, 0) is 19.6 Å². The fourth-order valence-corrected chi connectivity index (χ4v) is 3.06. The van der Waals surface area contributed by atoms with E-state index in [2.05, 4.69) is 15.2 Å². The maximum absolute atomic E-state index is 13.3. The lowest BCUT2D eigenvalue weighted by Crippen LogP contribution is -2.27. The highest BCUT2D eigenvalue weighted by Gasteiger charge is 2.16. The molecule has 3 aromatic rings. The van der Waals surface area contributed by atoms with Crippen LogP contribution in [0.1, 0.15) is 41.4 Å². The Hall–Kier alpha value is -2.70. The lowest BCUT2D eigenvalue weighted by atomic mass is 10.1. The van der Waals surface area contributed by atoms with Gasteiger partial charge in [0.25, 0.3) is 5.91 Å². The Morgan fingerprint density at radius 2 is 1.67 bits per heavy atom. The van der Waals surface area contributed by atoms with Gasteiger partial charge in [0, 0.05) is 24.7 Å². The molecule has 5 nitrogen and oxygen atoms in total. The summed E-state index contributed by atoms with van der Waals surface area (Å²) in [5.74, 6) is 0.279. The van der Waals surface area contributed by atoms with Crippen LogP contribution in [-0.4, -0.2) is 22.3 Å². The Bertz CT molecular complexity index is 908. The van der Waals surface area contributed by atoms with Crippen molar-refractivity contribution in [3.63, 3.8) is 0 Å². The van der Waals surface area contributed by atoms with E-state index in [1.54, 1.807) is 12.1 Å². The first-order valence-electron chi connectivity index (χ1n) is 9.83. The summed E-state index contributed by atoms with van der Waals surface area (Å²) >= 11 is 5.99. The largest absolute Gasteiger partial charge is 0.447 e. The number of nitrogens with one attached hydrogen (secondary N) is 1. The minimum absolute atomic E-state index is 0.249. The van der Waals surface area contributed by atoms with Crippen molar-refractivity contribution < 1.29 is 13.6 Å². The highest BCUT2D eigenvalue weighted by atomic mass is 35.5. The number of oxazole rings is 1. The summed E-state index contributed by atoms with van der Waals surface area (Å²) in [6, 6.07) is 14.0. The molecule has 0 spiro atoms. The van der Waals surface area contributed by atoms with Gasteiger partial charge in [-0.05, 0) is 41.3 Å². The van der Waals surface area contributed by atoms with Crippen LogP contribution in [0.5, 0.6) is 0 Å². The third kappa shape index (κ3) is 6.68. The molecule has 1 amide bonds. The Morgan fingerprint density at radius 3 is 2.27 bits per heavy atom. The number of carbonyl (C=O) groups is 1. The Labute approximate surface area is 180 Å². The van der Waals surface area contributed by atoms with Crippen LogP contribution in [0.25, 0.3) is 0 Å². The summed E-state index contributed by atoms with van der Waals surface area (Å²) in [5, 5.41) is 3.51. The average Bonchev–Trinajstić information content (AvgIpc) is 3.18. The Balaban J connectivity index is 1.72. The molecule has 0 saturated heterocycles. The van der Waals surface area contributed by atoms with Crippen molar-refractivity contribution in [2.45, 2.75) is 33.5 Å². The molecular formula is C23H25ClFN3O2. The van der Waals surface area contributed by atoms with Gasteiger partial charge in [-0.3, -0.25) is 9.69 Å². The van der Waals surface area contributed by atoms with E-state index in [1.807, 2.05) is 38.1 Å². The molecule has 1 aromatic heterocycles. The van der Waals surface area contributed by atoms with Crippen molar-refractivity contribution in [2.24, 2.45) is 5.92 Å². The zero-order valence-corrected chi connectivity index (χ0v) is 17.8. The fraction of sp³-hybridized carbons (Fsp3) is 0.304. The quantitative estimate of drug-likeness (QED) is 0.516.